The molecule has 0 aromatic carbocycles. The first-order chi connectivity index (χ1) is 5.24. The molecule has 0 aromatic rings. The molecular formula is C8H6F2O. The summed E-state index contributed by atoms with van der Waals surface area (Å²) in [4.78, 5) is 10.2. The van der Waals surface area contributed by atoms with E-state index in [0.717, 1.165) is 12.2 Å². The maximum absolute atomic E-state index is 12.4. The maximum atomic E-state index is 12.4. The average molecular weight is 156 g/mol. The van der Waals surface area contributed by atoms with Gasteiger partial charge in [0.15, 0.2) is 11.7 Å². The van der Waals surface area contributed by atoms with E-state index < -0.39 is 11.7 Å². The molecule has 3 heteroatoms. The van der Waals surface area contributed by atoms with Gasteiger partial charge in [-0.1, -0.05) is 6.08 Å². The van der Waals surface area contributed by atoms with Crippen LogP contribution < -0.4 is 0 Å². The first-order valence-electron chi connectivity index (χ1n) is 3.11. The minimum atomic E-state index is -0.929. The van der Waals surface area contributed by atoms with Crippen LogP contribution in [0.1, 0.15) is 6.42 Å². The summed E-state index contributed by atoms with van der Waals surface area (Å²) in [7, 11) is 0. The van der Waals surface area contributed by atoms with E-state index in [9.17, 15) is 13.6 Å². The summed E-state index contributed by atoms with van der Waals surface area (Å²) in [5.74, 6) is -1.83. The maximum Gasteiger partial charge on any atom is 0.158 e. The van der Waals surface area contributed by atoms with Crippen LogP contribution in [0.25, 0.3) is 0 Å². The fraction of sp³-hybridized carbons (Fsp3) is 0.125. The van der Waals surface area contributed by atoms with Crippen molar-refractivity contribution in [3.05, 3.63) is 35.5 Å². The van der Waals surface area contributed by atoms with Crippen molar-refractivity contribution in [3.8, 4) is 0 Å². The Kier molecular flexibility index (Phi) is 2.31. The van der Waals surface area contributed by atoms with Crippen molar-refractivity contribution in [2.45, 2.75) is 6.42 Å². The lowest BCUT2D eigenvalue weighted by molar-refractivity contribution is -0.104. The van der Waals surface area contributed by atoms with Crippen LogP contribution in [0.2, 0.25) is 0 Å². The van der Waals surface area contributed by atoms with Crippen LogP contribution in [0.3, 0.4) is 0 Å². The van der Waals surface area contributed by atoms with Crippen LogP contribution in [0, 0.1) is 0 Å². The fourth-order valence-electron chi connectivity index (χ4n) is 0.720. The molecule has 0 bridgehead atoms. The van der Waals surface area contributed by atoms with E-state index >= 15 is 0 Å². The van der Waals surface area contributed by atoms with Gasteiger partial charge < -0.3 is 0 Å². The summed E-state index contributed by atoms with van der Waals surface area (Å²) >= 11 is 0. The summed E-state index contributed by atoms with van der Waals surface area (Å²) < 4.78 is 24.8. The Balaban J connectivity index is 2.92. The molecule has 0 N–H and O–H groups in total. The van der Waals surface area contributed by atoms with Gasteiger partial charge >= 0.3 is 0 Å². The number of hydrogen-bond donors (Lipinski definition) is 0. The normalized spacial score (nSPS) is 17.8. The number of rotatable bonds is 1. The molecule has 0 amide bonds. The van der Waals surface area contributed by atoms with Crippen molar-refractivity contribution in [2.75, 3.05) is 0 Å². The summed E-state index contributed by atoms with van der Waals surface area (Å²) in [6.07, 6.45) is 3.99. The van der Waals surface area contributed by atoms with Crippen LogP contribution in [0.15, 0.2) is 35.5 Å². The van der Waals surface area contributed by atoms with Crippen LogP contribution in [0.4, 0.5) is 8.78 Å². The third-order valence-corrected chi connectivity index (χ3v) is 1.34. The summed E-state index contributed by atoms with van der Waals surface area (Å²) in [6.45, 7) is 0. The largest absolute Gasteiger partial charge is 0.298 e. The molecule has 0 radical (unpaired) electrons. The predicted octanol–water partition coefficient (Wildman–Crippen LogP) is 2.22. The molecule has 1 rings (SSSR count). The molecule has 0 saturated heterocycles. The molecule has 0 heterocycles. The highest BCUT2D eigenvalue weighted by Crippen LogP contribution is 2.18. The second kappa shape index (κ2) is 3.23. The van der Waals surface area contributed by atoms with Gasteiger partial charge in [-0.2, -0.15) is 0 Å². The van der Waals surface area contributed by atoms with Crippen molar-refractivity contribution in [1.82, 2.24) is 0 Å². The Bertz CT molecular complexity index is 261. The third kappa shape index (κ3) is 1.83. The van der Waals surface area contributed by atoms with Gasteiger partial charge in [-0.3, -0.25) is 4.79 Å². The third-order valence-electron chi connectivity index (χ3n) is 1.34. The molecule has 0 saturated carbocycles. The molecule has 11 heavy (non-hydrogen) atoms. The zero-order valence-electron chi connectivity index (χ0n) is 5.68. The highest BCUT2D eigenvalue weighted by atomic mass is 19.2. The number of carbonyl (C=O) groups is 1. The van der Waals surface area contributed by atoms with E-state index in [1.54, 1.807) is 0 Å². The van der Waals surface area contributed by atoms with Crippen molar-refractivity contribution < 1.29 is 13.6 Å². The van der Waals surface area contributed by atoms with Crippen LogP contribution in [-0.4, -0.2) is 6.29 Å². The van der Waals surface area contributed by atoms with E-state index in [1.807, 2.05) is 0 Å². The molecule has 0 aliphatic heterocycles. The molecule has 0 unspecified atom stereocenters. The highest BCUT2D eigenvalue weighted by Gasteiger charge is 2.05. The van der Waals surface area contributed by atoms with Crippen LogP contribution >= 0.6 is 0 Å². The topological polar surface area (TPSA) is 17.1 Å². The summed E-state index contributed by atoms with van der Waals surface area (Å²) in [6, 6.07) is 0. The summed E-state index contributed by atoms with van der Waals surface area (Å²) in [5, 5.41) is 0. The zero-order chi connectivity index (χ0) is 8.27. The van der Waals surface area contributed by atoms with Gasteiger partial charge in [-0.05, 0) is 24.1 Å². The Morgan fingerprint density at radius 1 is 1.27 bits per heavy atom. The zero-order valence-corrected chi connectivity index (χ0v) is 5.68. The van der Waals surface area contributed by atoms with Gasteiger partial charge in [-0.15, -0.1) is 0 Å². The van der Waals surface area contributed by atoms with E-state index in [1.165, 1.54) is 6.08 Å². The van der Waals surface area contributed by atoms with E-state index in [2.05, 4.69) is 0 Å². The minimum Gasteiger partial charge on any atom is -0.298 e. The smallest absolute Gasteiger partial charge is 0.158 e. The second-order valence-electron chi connectivity index (χ2n) is 2.13. The molecule has 0 aromatic heterocycles. The average Bonchev–Trinajstić information content (AvgIpc) is 2.16. The summed E-state index contributed by atoms with van der Waals surface area (Å²) in [5.41, 5.74) is 0.368. The lowest BCUT2D eigenvalue weighted by Crippen LogP contribution is -1.79. The van der Waals surface area contributed by atoms with Crippen LogP contribution in [0.5, 0.6) is 0 Å². The Morgan fingerprint density at radius 2 is 2.00 bits per heavy atom. The SMILES string of the molecule is O=CC1=CC=C(F)C(F)=CC1. The van der Waals surface area contributed by atoms with Gasteiger partial charge in [-0.25, -0.2) is 8.78 Å². The van der Waals surface area contributed by atoms with Gasteiger partial charge in [0.1, 0.15) is 6.29 Å². The van der Waals surface area contributed by atoms with Gasteiger partial charge in [0.2, 0.25) is 0 Å². The van der Waals surface area contributed by atoms with Crippen molar-refractivity contribution in [3.63, 3.8) is 0 Å². The molecule has 1 aliphatic carbocycles. The van der Waals surface area contributed by atoms with Crippen molar-refractivity contribution in [2.24, 2.45) is 0 Å². The van der Waals surface area contributed by atoms with E-state index in [0.29, 0.717) is 11.9 Å². The monoisotopic (exact) mass is 156 g/mol. The Labute approximate surface area is 62.7 Å². The predicted molar refractivity (Wildman–Crippen MR) is 37.1 cm³/mol. The van der Waals surface area contributed by atoms with E-state index in [-0.39, 0.29) is 6.42 Å². The van der Waals surface area contributed by atoms with Crippen molar-refractivity contribution in [1.29, 1.82) is 0 Å². The quantitative estimate of drug-likeness (QED) is 0.532. The number of aldehydes is 1. The minimum absolute atomic E-state index is 0.152. The number of hydrogen-bond acceptors (Lipinski definition) is 1. The first-order valence-corrected chi connectivity index (χ1v) is 3.11. The van der Waals surface area contributed by atoms with Gasteiger partial charge in [0.05, 0.1) is 0 Å². The molecule has 58 valence electrons. The highest BCUT2D eigenvalue weighted by molar-refractivity contribution is 5.74. The number of allylic oxidation sites excluding steroid dienone is 6. The molecule has 0 atom stereocenters. The number of carbonyl (C=O) groups excluding carboxylic acids is 1. The standard InChI is InChI=1S/C8H6F2O/c9-7-3-1-6(5-11)2-4-8(7)10/h1,3-5H,2H2. The number of halogens is 2. The Morgan fingerprint density at radius 3 is 2.64 bits per heavy atom. The molecular weight excluding hydrogens is 150 g/mol. The lowest BCUT2D eigenvalue weighted by atomic mass is 10.2. The molecule has 0 fully saturated rings. The molecule has 1 nitrogen and oxygen atoms in total. The van der Waals surface area contributed by atoms with Crippen molar-refractivity contribution >= 4 is 6.29 Å². The molecule has 0 spiro atoms. The lowest BCUT2D eigenvalue weighted by Gasteiger charge is -1.87. The Hall–Kier alpha value is -1.25. The fourth-order valence-corrected chi connectivity index (χ4v) is 0.720. The molecule has 1 aliphatic rings. The second-order valence-corrected chi connectivity index (χ2v) is 2.13. The first kappa shape index (κ1) is 7.85. The van der Waals surface area contributed by atoms with Gasteiger partial charge in [0, 0.05) is 0 Å². The van der Waals surface area contributed by atoms with Gasteiger partial charge in [0.25, 0.3) is 0 Å². The van der Waals surface area contributed by atoms with Crippen LogP contribution in [-0.2, 0) is 4.79 Å². The van der Waals surface area contributed by atoms with E-state index in [4.69, 9.17) is 0 Å².